The summed E-state index contributed by atoms with van der Waals surface area (Å²) in [6.45, 7) is 1.64. The first kappa shape index (κ1) is 16.0. The lowest BCUT2D eigenvalue weighted by atomic mass is 10.1. The van der Waals surface area contributed by atoms with Crippen molar-refractivity contribution in [2.45, 2.75) is 18.3 Å². The van der Waals surface area contributed by atoms with Crippen LogP contribution in [0.2, 0.25) is 5.02 Å². The predicted molar refractivity (Wildman–Crippen MR) is 85.1 cm³/mol. The summed E-state index contributed by atoms with van der Waals surface area (Å²) in [6, 6.07) is 15.5. The van der Waals surface area contributed by atoms with E-state index in [0.717, 1.165) is 5.56 Å². The minimum Gasteiger partial charge on any atom is -0.387 e. The van der Waals surface area contributed by atoms with E-state index in [4.69, 9.17) is 11.6 Å². The molecule has 2 unspecified atom stereocenters. The van der Waals surface area contributed by atoms with Crippen LogP contribution in [0.5, 0.6) is 0 Å². The summed E-state index contributed by atoms with van der Waals surface area (Å²) in [7, 11) is -3.45. The van der Waals surface area contributed by atoms with Crippen molar-refractivity contribution in [3.05, 3.63) is 70.7 Å². The van der Waals surface area contributed by atoms with E-state index in [1.807, 2.05) is 6.07 Å². The van der Waals surface area contributed by atoms with Gasteiger partial charge in [-0.1, -0.05) is 54.1 Å². The number of rotatable bonds is 5. The van der Waals surface area contributed by atoms with E-state index < -0.39 is 21.2 Å². The zero-order chi connectivity index (χ0) is 15.5. The average molecular weight is 325 g/mol. The van der Waals surface area contributed by atoms with Crippen molar-refractivity contribution in [2.75, 3.05) is 5.75 Å². The third-order valence-electron chi connectivity index (χ3n) is 3.45. The summed E-state index contributed by atoms with van der Waals surface area (Å²) < 4.78 is 24.8. The average Bonchev–Trinajstić information content (AvgIpc) is 2.47. The molecule has 3 nitrogen and oxygen atoms in total. The Morgan fingerprint density at radius 1 is 1.00 bits per heavy atom. The second kappa shape index (κ2) is 6.60. The highest BCUT2D eigenvalue weighted by molar-refractivity contribution is 7.91. The highest BCUT2D eigenvalue weighted by Gasteiger charge is 2.26. The van der Waals surface area contributed by atoms with E-state index >= 15 is 0 Å². The van der Waals surface area contributed by atoms with Crippen LogP contribution in [0, 0.1) is 0 Å². The Morgan fingerprint density at radius 2 is 1.57 bits per heavy atom. The Balaban J connectivity index is 2.15. The van der Waals surface area contributed by atoms with E-state index in [1.54, 1.807) is 55.5 Å². The van der Waals surface area contributed by atoms with Gasteiger partial charge in [0.15, 0.2) is 9.84 Å². The highest BCUT2D eigenvalue weighted by atomic mass is 35.5. The Bertz CT molecular complexity index is 681. The highest BCUT2D eigenvalue weighted by Crippen LogP contribution is 2.26. The third kappa shape index (κ3) is 4.06. The fourth-order valence-electron chi connectivity index (χ4n) is 2.08. The first-order valence-corrected chi connectivity index (χ1v) is 8.69. The molecule has 0 saturated carbocycles. The van der Waals surface area contributed by atoms with E-state index in [0.29, 0.717) is 10.6 Å². The summed E-state index contributed by atoms with van der Waals surface area (Å²) >= 11 is 5.78. The zero-order valence-electron chi connectivity index (χ0n) is 11.6. The van der Waals surface area contributed by atoms with Crippen molar-refractivity contribution in [2.24, 2.45) is 0 Å². The van der Waals surface area contributed by atoms with Gasteiger partial charge in [0.25, 0.3) is 0 Å². The lowest BCUT2D eigenvalue weighted by Crippen LogP contribution is -2.19. The Kier molecular flexibility index (Phi) is 5.04. The predicted octanol–water partition coefficient (Wildman–Crippen LogP) is 3.55. The molecule has 0 radical (unpaired) electrons. The van der Waals surface area contributed by atoms with E-state index in [1.165, 1.54) is 0 Å². The minimum atomic E-state index is -3.45. The van der Waals surface area contributed by atoms with Gasteiger partial charge in [0.05, 0.1) is 17.1 Å². The van der Waals surface area contributed by atoms with Crippen LogP contribution in [-0.2, 0) is 9.84 Å². The van der Waals surface area contributed by atoms with Crippen molar-refractivity contribution in [1.82, 2.24) is 0 Å². The van der Waals surface area contributed by atoms with Gasteiger partial charge >= 0.3 is 0 Å². The lowest BCUT2D eigenvalue weighted by molar-refractivity contribution is 0.201. The van der Waals surface area contributed by atoms with Gasteiger partial charge in [-0.3, -0.25) is 0 Å². The molecule has 5 heteroatoms. The maximum Gasteiger partial charge on any atom is 0.159 e. The largest absolute Gasteiger partial charge is 0.387 e. The second-order valence-electron chi connectivity index (χ2n) is 4.95. The third-order valence-corrected chi connectivity index (χ3v) is 5.83. The maximum absolute atomic E-state index is 12.4. The molecular formula is C16H17ClO3S. The van der Waals surface area contributed by atoms with E-state index in [-0.39, 0.29) is 5.75 Å². The minimum absolute atomic E-state index is 0.315. The molecule has 0 saturated heterocycles. The second-order valence-corrected chi connectivity index (χ2v) is 7.75. The number of halogens is 1. The molecule has 0 bridgehead atoms. The molecule has 0 aliphatic carbocycles. The summed E-state index contributed by atoms with van der Waals surface area (Å²) in [6.07, 6.45) is -1.06. The van der Waals surface area contributed by atoms with Crippen molar-refractivity contribution in [3.63, 3.8) is 0 Å². The topological polar surface area (TPSA) is 54.4 Å². The van der Waals surface area contributed by atoms with Gasteiger partial charge in [-0.15, -0.1) is 0 Å². The van der Waals surface area contributed by atoms with Crippen LogP contribution >= 0.6 is 11.6 Å². The van der Waals surface area contributed by atoms with Crippen molar-refractivity contribution >= 4 is 21.4 Å². The molecule has 0 fully saturated rings. The summed E-state index contributed by atoms with van der Waals surface area (Å²) in [4.78, 5) is 0. The molecule has 2 aromatic carbocycles. The fourth-order valence-corrected chi connectivity index (χ4v) is 3.70. The number of benzene rings is 2. The van der Waals surface area contributed by atoms with Crippen LogP contribution in [0.4, 0.5) is 0 Å². The van der Waals surface area contributed by atoms with Crippen LogP contribution < -0.4 is 0 Å². The van der Waals surface area contributed by atoms with Gasteiger partial charge in [0.1, 0.15) is 0 Å². The van der Waals surface area contributed by atoms with Crippen molar-refractivity contribution < 1.29 is 13.5 Å². The molecule has 0 aliphatic heterocycles. The quantitative estimate of drug-likeness (QED) is 0.915. The van der Waals surface area contributed by atoms with Crippen LogP contribution in [0.3, 0.4) is 0 Å². The first-order valence-electron chi connectivity index (χ1n) is 6.60. The van der Waals surface area contributed by atoms with E-state index in [9.17, 15) is 13.5 Å². The molecule has 0 spiro atoms. The molecule has 2 aromatic rings. The number of aliphatic hydroxyl groups excluding tert-OH is 1. The van der Waals surface area contributed by atoms with Crippen LogP contribution in [-0.4, -0.2) is 19.3 Å². The molecule has 0 amide bonds. The molecular weight excluding hydrogens is 308 g/mol. The number of hydrogen-bond acceptors (Lipinski definition) is 3. The molecule has 2 rings (SSSR count). The Labute approximate surface area is 130 Å². The van der Waals surface area contributed by atoms with Crippen LogP contribution in [0.25, 0.3) is 0 Å². The van der Waals surface area contributed by atoms with Crippen LogP contribution in [0.15, 0.2) is 54.6 Å². The number of hydrogen-bond donors (Lipinski definition) is 1. The van der Waals surface area contributed by atoms with E-state index in [2.05, 4.69) is 0 Å². The Morgan fingerprint density at radius 3 is 2.14 bits per heavy atom. The standard InChI is InChI=1S/C16H17ClO3S/c1-12(13-5-3-2-4-6-13)21(19,20)11-16(18)14-7-9-15(17)10-8-14/h2-10,12,16,18H,11H2,1H3. The Hall–Kier alpha value is -1.36. The van der Waals surface area contributed by atoms with Gasteiger partial charge < -0.3 is 5.11 Å². The molecule has 2 atom stereocenters. The lowest BCUT2D eigenvalue weighted by Gasteiger charge is -2.17. The molecule has 1 N–H and O–H groups in total. The summed E-state index contributed by atoms with van der Waals surface area (Å²) in [5, 5.41) is 10.0. The fraction of sp³-hybridized carbons (Fsp3) is 0.250. The van der Waals surface area contributed by atoms with Gasteiger partial charge in [-0.2, -0.15) is 0 Å². The van der Waals surface area contributed by atoms with Crippen molar-refractivity contribution in [1.29, 1.82) is 0 Å². The number of sulfone groups is 1. The van der Waals surface area contributed by atoms with Crippen molar-refractivity contribution in [3.8, 4) is 0 Å². The van der Waals surface area contributed by atoms with Gasteiger partial charge in [-0.25, -0.2) is 8.42 Å². The van der Waals surface area contributed by atoms with Gasteiger partial charge in [-0.05, 0) is 30.2 Å². The molecule has 21 heavy (non-hydrogen) atoms. The molecule has 112 valence electrons. The smallest absolute Gasteiger partial charge is 0.159 e. The monoisotopic (exact) mass is 324 g/mol. The maximum atomic E-state index is 12.4. The summed E-state index contributed by atoms with van der Waals surface area (Å²) in [5.74, 6) is -0.315. The SMILES string of the molecule is CC(c1ccccc1)S(=O)(=O)CC(O)c1ccc(Cl)cc1. The summed E-state index contributed by atoms with van der Waals surface area (Å²) in [5.41, 5.74) is 1.27. The molecule has 0 heterocycles. The van der Waals surface area contributed by atoms with Gasteiger partial charge in [0.2, 0.25) is 0 Å². The molecule has 0 aromatic heterocycles. The number of aliphatic hydroxyl groups is 1. The first-order chi connectivity index (χ1) is 9.90. The van der Waals surface area contributed by atoms with Crippen LogP contribution in [0.1, 0.15) is 29.4 Å². The normalized spacial score (nSPS) is 14.6. The van der Waals surface area contributed by atoms with Gasteiger partial charge in [0, 0.05) is 5.02 Å². The molecule has 0 aliphatic rings. The zero-order valence-corrected chi connectivity index (χ0v) is 13.2.